The molecule has 1 aromatic rings. The van der Waals surface area contributed by atoms with Crippen molar-refractivity contribution in [2.24, 2.45) is 4.99 Å². The molecule has 2 N–H and O–H groups in total. The van der Waals surface area contributed by atoms with E-state index in [2.05, 4.69) is 23.7 Å². The Hall–Kier alpha value is -2.28. The quantitative estimate of drug-likeness (QED) is 0.388. The highest BCUT2D eigenvalue weighted by Crippen LogP contribution is 2.45. The van der Waals surface area contributed by atoms with Crippen molar-refractivity contribution in [3.05, 3.63) is 34.5 Å². The molecule has 0 aromatic heterocycles. The first-order valence-corrected chi connectivity index (χ1v) is 15.1. The predicted octanol–water partition coefficient (Wildman–Crippen LogP) is 3.51. The first kappa shape index (κ1) is 28.7. The fourth-order valence-corrected chi connectivity index (χ4v) is 6.75. The van der Waals surface area contributed by atoms with Gasteiger partial charge in [0.05, 0.1) is 4.91 Å². The number of hydrogen-bond acceptors (Lipinski definition) is 7. The summed E-state index contributed by atoms with van der Waals surface area (Å²) < 4.78 is 32.5. The van der Waals surface area contributed by atoms with E-state index in [-0.39, 0.29) is 22.4 Å². The largest absolute Gasteiger partial charge is 0.420 e. The lowest BCUT2D eigenvalue weighted by Gasteiger charge is -2.38. The Morgan fingerprint density at radius 3 is 2.55 bits per heavy atom. The average molecular weight is 570 g/mol. The van der Waals surface area contributed by atoms with Gasteiger partial charge in [0.1, 0.15) is 11.6 Å². The Bertz CT molecular complexity index is 1160. The molecule has 14 heteroatoms. The standard InChI is InChI=1S/C24H33FN5O6PS/c1-3-27(4-2)19-9-13-28(14-10-19)24(32)36-20-16-18(25)8-7-17(20)15-21-22(31)26-23(38-21)29-11-5-6-12-30(29)37(33,34)35/h7-8,15-16,19H,3-6,9-14H2,1-2H3,(H2,33,34,35)/b21-15-. The lowest BCUT2D eigenvalue weighted by atomic mass is 10.0. The van der Waals surface area contributed by atoms with Gasteiger partial charge in [-0.1, -0.05) is 13.8 Å². The minimum absolute atomic E-state index is 0.0231. The number of nitrogens with zero attached hydrogens (tertiary/aromatic N) is 5. The van der Waals surface area contributed by atoms with Crippen molar-refractivity contribution in [3.63, 3.8) is 0 Å². The summed E-state index contributed by atoms with van der Waals surface area (Å²) >= 11 is 0.960. The highest BCUT2D eigenvalue weighted by molar-refractivity contribution is 8.18. The lowest BCUT2D eigenvalue weighted by Crippen LogP contribution is -2.47. The zero-order valence-corrected chi connectivity index (χ0v) is 23.2. The maximum atomic E-state index is 14.1. The molecule has 0 bridgehead atoms. The number of carbonyl (C=O) groups excluding carboxylic acids is 2. The third-order valence-electron chi connectivity index (χ3n) is 6.90. The summed E-state index contributed by atoms with van der Waals surface area (Å²) in [4.78, 5) is 53.1. The van der Waals surface area contributed by atoms with Crippen LogP contribution in [0, 0.1) is 5.82 Å². The van der Waals surface area contributed by atoms with E-state index in [4.69, 9.17) is 4.74 Å². The molecule has 0 aliphatic carbocycles. The summed E-state index contributed by atoms with van der Waals surface area (Å²) in [7, 11) is -4.58. The SMILES string of the molecule is CCN(CC)C1CCN(C(=O)Oc2cc(F)ccc2/C=C2\SC(N3CCCCN3P(=O)(O)O)=NC2=O)CC1. The minimum Gasteiger partial charge on any atom is -0.409 e. The van der Waals surface area contributed by atoms with Crippen LogP contribution < -0.4 is 4.74 Å². The van der Waals surface area contributed by atoms with Gasteiger partial charge in [-0.3, -0.25) is 9.80 Å². The minimum atomic E-state index is -4.58. The van der Waals surface area contributed by atoms with Gasteiger partial charge >= 0.3 is 13.8 Å². The number of benzene rings is 1. The third-order valence-corrected chi connectivity index (χ3v) is 8.91. The summed E-state index contributed by atoms with van der Waals surface area (Å²) in [5.74, 6) is -1.21. The van der Waals surface area contributed by atoms with E-state index >= 15 is 0 Å². The first-order valence-electron chi connectivity index (χ1n) is 12.7. The molecule has 3 heterocycles. The van der Waals surface area contributed by atoms with Gasteiger partial charge in [-0.05, 0) is 68.7 Å². The number of hydrazine groups is 1. The number of amides is 2. The molecule has 0 unspecified atom stereocenters. The van der Waals surface area contributed by atoms with Crippen LogP contribution in [0.15, 0.2) is 28.1 Å². The van der Waals surface area contributed by atoms with E-state index in [0.29, 0.717) is 44.1 Å². The summed E-state index contributed by atoms with van der Waals surface area (Å²) in [6.45, 7) is 7.64. The Morgan fingerprint density at radius 1 is 1.21 bits per heavy atom. The van der Waals surface area contributed by atoms with Crippen molar-refractivity contribution in [1.29, 1.82) is 0 Å². The van der Waals surface area contributed by atoms with Crippen LogP contribution in [0.5, 0.6) is 5.75 Å². The Morgan fingerprint density at radius 2 is 1.89 bits per heavy atom. The average Bonchev–Trinajstić information content (AvgIpc) is 3.26. The van der Waals surface area contributed by atoms with Gasteiger partial charge in [-0.25, -0.2) is 13.8 Å². The van der Waals surface area contributed by atoms with Gasteiger partial charge in [0, 0.05) is 43.9 Å². The molecular weight excluding hydrogens is 536 g/mol. The highest BCUT2D eigenvalue weighted by atomic mass is 32.2. The number of carbonyl (C=O) groups is 2. The molecule has 3 aliphatic rings. The molecule has 0 radical (unpaired) electrons. The molecule has 208 valence electrons. The molecule has 11 nitrogen and oxygen atoms in total. The van der Waals surface area contributed by atoms with E-state index in [0.717, 1.165) is 48.5 Å². The van der Waals surface area contributed by atoms with Crippen LogP contribution in [-0.4, -0.2) is 91.9 Å². The smallest absolute Gasteiger partial charge is 0.409 e. The van der Waals surface area contributed by atoms with Crippen LogP contribution in [0.3, 0.4) is 0 Å². The van der Waals surface area contributed by atoms with E-state index < -0.39 is 25.6 Å². The first-order chi connectivity index (χ1) is 18.1. The third kappa shape index (κ3) is 6.64. The van der Waals surface area contributed by atoms with Gasteiger partial charge in [-0.2, -0.15) is 4.99 Å². The maximum Gasteiger partial charge on any atom is 0.420 e. The molecule has 38 heavy (non-hydrogen) atoms. The molecule has 1 aromatic carbocycles. The molecule has 4 rings (SSSR count). The molecule has 3 aliphatic heterocycles. The van der Waals surface area contributed by atoms with Gasteiger partial charge in [0.2, 0.25) is 0 Å². The van der Waals surface area contributed by atoms with Crippen molar-refractivity contribution in [1.82, 2.24) is 19.6 Å². The summed E-state index contributed by atoms with van der Waals surface area (Å²) in [6, 6.07) is 4.11. The van der Waals surface area contributed by atoms with Gasteiger partial charge in [0.25, 0.3) is 5.91 Å². The topological polar surface area (TPSA) is 126 Å². The van der Waals surface area contributed by atoms with Gasteiger partial charge in [0.15, 0.2) is 5.17 Å². The molecule has 0 atom stereocenters. The second kappa shape index (κ2) is 12.3. The van der Waals surface area contributed by atoms with Crippen LogP contribution in [0.25, 0.3) is 6.08 Å². The molecule has 2 fully saturated rings. The Labute approximate surface area is 225 Å². The zero-order chi connectivity index (χ0) is 27.4. The number of piperidine rings is 1. The second-order valence-electron chi connectivity index (χ2n) is 9.24. The van der Waals surface area contributed by atoms with Crippen molar-refractivity contribution < 1.29 is 33.1 Å². The Kier molecular flexibility index (Phi) is 9.27. The number of halogens is 1. The molecular formula is C24H33FN5O6PS. The number of likely N-dealkylation sites (tertiary alicyclic amines) is 1. The number of thioether (sulfide) groups is 1. The number of amidine groups is 1. The van der Waals surface area contributed by atoms with Crippen LogP contribution in [0.1, 0.15) is 45.1 Å². The lowest BCUT2D eigenvalue weighted by molar-refractivity contribution is -0.113. The van der Waals surface area contributed by atoms with Crippen molar-refractivity contribution in [3.8, 4) is 5.75 Å². The highest BCUT2D eigenvalue weighted by Gasteiger charge is 2.38. The fraction of sp³-hybridized carbons (Fsp3) is 0.542. The second-order valence-corrected chi connectivity index (χ2v) is 11.7. The maximum absolute atomic E-state index is 14.1. The number of hydrogen-bond donors (Lipinski definition) is 2. The fourth-order valence-electron chi connectivity index (χ4n) is 4.89. The normalized spacial score (nSPS) is 20.9. The number of ether oxygens (including phenoxy) is 1. The van der Waals surface area contributed by atoms with E-state index in [1.165, 1.54) is 23.2 Å². The molecule has 0 saturated carbocycles. The molecule has 2 saturated heterocycles. The van der Waals surface area contributed by atoms with Crippen molar-refractivity contribution in [2.75, 3.05) is 39.3 Å². The van der Waals surface area contributed by atoms with Crippen LogP contribution in [-0.2, 0) is 9.36 Å². The van der Waals surface area contributed by atoms with Crippen LogP contribution in [0.4, 0.5) is 9.18 Å². The number of rotatable bonds is 6. The van der Waals surface area contributed by atoms with Gasteiger partial charge in [-0.15, -0.1) is 4.78 Å². The zero-order valence-electron chi connectivity index (χ0n) is 21.5. The summed E-state index contributed by atoms with van der Waals surface area (Å²) in [5, 5.41) is 1.49. The molecule has 0 spiro atoms. The van der Waals surface area contributed by atoms with Crippen LogP contribution in [0.2, 0.25) is 0 Å². The van der Waals surface area contributed by atoms with E-state index in [9.17, 15) is 28.3 Å². The van der Waals surface area contributed by atoms with Gasteiger partial charge < -0.3 is 24.3 Å². The van der Waals surface area contributed by atoms with E-state index in [1.807, 2.05) is 0 Å². The number of aliphatic imine (C=N–C) groups is 1. The monoisotopic (exact) mass is 569 g/mol. The van der Waals surface area contributed by atoms with Crippen molar-refractivity contribution >= 4 is 42.8 Å². The van der Waals surface area contributed by atoms with E-state index in [1.54, 1.807) is 4.90 Å². The Balaban J connectivity index is 1.47. The summed E-state index contributed by atoms with van der Waals surface area (Å²) in [6.07, 6.45) is 3.81. The predicted molar refractivity (Wildman–Crippen MR) is 143 cm³/mol. The van der Waals surface area contributed by atoms with Crippen LogP contribution >= 0.6 is 19.5 Å². The van der Waals surface area contributed by atoms with Crippen molar-refractivity contribution in [2.45, 2.75) is 45.6 Å². The molecule has 2 amide bonds. The summed E-state index contributed by atoms with van der Waals surface area (Å²) in [5.41, 5.74) is 0.315.